The summed E-state index contributed by atoms with van der Waals surface area (Å²) in [6.45, 7) is 3.06. The molecule has 0 aliphatic carbocycles. The minimum atomic E-state index is -0.340. The second-order valence-electron chi connectivity index (χ2n) is 6.83. The zero-order valence-electron chi connectivity index (χ0n) is 15.6. The van der Waals surface area contributed by atoms with Gasteiger partial charge < -0.3 is 0 Å². The smallest absolute Gasteiger partial charge is 0.298 e. The van der Waals surface area contributed by atoms with Crippen molar-refractivity contribution in [3.8, 4) is 10.6 Å². The minimum absolute atomic E-state index is 0.340. The summed E-state index contributed by atoms with van der Waals surface area (Å²) in [5.41, 5.74) is 2.01. The summed E-state index contributed by atoms with van der Waals surface area (Å²) < 4.78 is 0. The number of hydrogen-bond donors (Lipinski definition) is 2. The van der Waals surface area contributed by atoms with Crippen LogP contribution in [0.4, 0.5) is 16.4 Å². The summed E-state index contributed by atoms with van der Waals surface area (Å²) in [4.78, 5) is 23.8. The third kappa shape index (κ3) is 4.94. The third-order valence-electron chi connectivity index (χ3n) is 4.65. The number of nitrogens with one attached hydrogen (secondary N) is 2. The van der Waals surface area contributed by atoms with Gasteiger partial charge in [0.05, 0.1) is 5.69 Å². The molecule has 0 bridgehead atoms. The normalized spacial score (nSPS) is 14.6. The van der Waals surface area contributed by atoms with Crippen LogP contribution in [0.25, 0.3) is 10.6 Å². The Hall–Kier alpha value is -2.77. The first-order chi connectivity index (χ1) is 13.8. The van der Waals surface area contributed by atoms with E-state index in [9.17, 15) is 4.79 Å². The number of carbonyl (C=O) groups is 1. The van der Waals surface area contributed by atoms with Gasteiger partial charge in [-0.05, 0) is 38.1 Å². The molecule has 6 nitrogen and oxygen atoms in total. The van der Waals surface area contributed by atoms with Crippen molar-refractivity contribution >= 4 is 29.0 Å². The van der Waals surface area contributed by atoms with Gasteiger partial charge in [-0.25, -0.2) is 14.8 Å². The fourth-order valence-electron chi connectivity index (χ4n) is 3.29. The van der Waals surface area contributed by atoms with Crippen LogP contribution in [-0.2, 0) is 6.54 Å². The van der Waals surface area contributed by atoms with E-state index in [1.54, 1.807) is 6.07 Å². The van der Waals surface area contributed by atoms with Crippen LogP contribution >= 0.6 is 11.3 Å². The molecule has 2 N–H and O–H groups in total. The van der Waals surface area contributed by atoms with Crippen molar-refractivity contribution in [3.63, 3.8) is 0 Å². The average molecular weight is 394 g/mol. The quantitative estimate of drug-likeness (QED) is 0.651. The molecule has 28 heavy (non-hydrogen) atoms. The van der Waals surface area contributed by atoms with Crippen LogP contribution in [0.2, 0.25) is 0 Å². The van der Waals surface area contributed by atoms with E-state index in [-0.39, 0.29) is 6.03 Å². The highest BCUT2D eigenvalue weighted by molar-refractivity contribution is 7.13. The molecule has 0 unspecified atom stereocenters. The lowest BCUT2D eigenvalue weighted by Gasteiger charge is -2.26. The lowest BCUT2D eigenvalue weighted by atomic mass is 10.1. The predicted molar refractivity (Wildman–Crippen MR) is 114 cm³/mol. The van der Waals surface area contributed by atoms with Crippen LogP contribution in [0.5, 0.6) is 0 Å². The van der Waals surface area contributed by atoms with E-state index in [0.717, 1.165) is 35.9 Å². The number of benzene rings is 1. The van der Waals surface area contributed by atoms with Crippen LogP contribution in [0.15, 0.2) is 53.9 Å². The first kappa shape index (κ1) is 18.6. The Balaban J connectivity index is 1.35. The molecule has 3 aromatic rings. The highest BCUT2D eigenvalue weighted by Crippen LogP contribution is 2.25. The van der Waals surface area contributed by atoms with Gasteiger partial charge in [0.2, 0.25) is 0 Å². The summed E-state index contributed by atoms with van der Waals surface area (Å²) in [5.74, 6) is 1.08. The zero-order chi connectivity index (χ0) is 19.2. The highest BCUT2D eigenvalue weighted by atomic mass is 32.1. The predicted octanol–water partition coefficient (Wildman–Crippen LogP) is 4.84. The van der Waals surface area contributed by atoms with Crippen LogP contribution in [0, 0.1) is 0 Å². The van der Waals surface area contributed by atoms with Gasteiger partial charge >= 0.3 is 6.03 Å². The van der Waals surface area contributed by atoms with E-state index in [4.69, 9.17) is 0 Å². The topological polar surface area (TPSA) is 70.2 Å². The number of thiazole rings is 1. The number of likely N-dealkylation sites (tertiary alicyclic amines) is 1. The Kier molecular flexibility index (Phi) is 5.94. The van der Waals surface area contributed by atoms with E-state index >= 15 is 0 Å². The van der Waals surface area contributed by atoms with Gasteiger partial charge in [-0.1, -0.05) is 42.8 Å². The number of anilines is 2. The van der Waals surface area contributed by atoms with Crippen molar-refractivity contribution in [2.24, 2.45) is 0 Å². The minimum Gasteiger partial charge on any atom is -0.298 e. The summed E-state index contributed by atoms with van der Waals surface area (Å²) in [6, 6.07) is 15.3. The molecule has 2 aromatic heterocycles. The Morgan fingerprint density at radius 2 is 1.71 bits per heavy atom. The number of aromatic nitrogens is 2. The molecule has 0 radical (unpaired) electrons. The van der Waals surface area contributed by atoms with Gasteiger partial charge in [0.25, 0.3) is 0 Å². The van der Waals surface area contributed by atoms with Gasteiger partial charge in [-0.2, -0.15) is 0 Å². The van der Waals surface area contributed by atoms with E-state index in [0.29, 0.717) is 11.6 Å². The van der Waals surface area contributed by atoms with Gasteiger partial charge in [-0.15, -0.1) is 11.3 Å². The van der Waals surface area contributed by atoms with Crippen molar-refractivity contribution < 1.29 is 4.79 Å². The molecule has 1 aliphatic rings. The van der Waals surface area contributed by atoms with Gasteiger partial charge in [-0.3, -0.25) is 15.5 Å². The molecule has 1 fully saturated rings. The van der Waals surface area contributed by atoms with Gasteiger partial charge in [0.15, 0.2) is 0 Å². The fraction of sp³-hybridized carbons (Fsp3) is 0.286. The summed E-state index contributed by atoms with van der Waals surface area (Å²) in [7, 11) is 0. The SMILES string of the molecule is O=C(Nc1cccc(CN2CCCCC2)n1)Nc1csc(-c2ccccc2)n1. The number of carbonyl (C=O) groups excluding carboxylic acids is 1. The molecule has 4 rings (SSSR count). The second-order valence-corrected chi connectivity index (χ2v) is 7.69. The van der Waals surface area contributed by atoms with Crippen LogP contribution in [-0.4, -0.2) is 34.0 Å². The van der Waals surface area contributed by atoms with Crippen molar-refractivity contribution in [1.82, 2.24) is 14.9 Å². The number of urea groups is 1. The molecule has 3 heterocycles. The maximum atomic E-state index is 12.3. The zero-order valence-corrected chi connectivity index (χ0v) is 16.4. The Bertz CT molecular complexity index is 921. The molecular formula is C21H23N5OS. The third-order valence-corrected chi connectivity index (χ3v) is 5.54. The molecule has 7 heteroatoms. The Labute approximate surface area is 168 Å². The number of piperidine rings is 1. The van der Waals surface area contributed by atoms with Crippen molar-refractivity contribution in [1.29, 1.82) is 0 Å². The monoisotopic (exact) mass is 393 g/mol. The van der Waals surface area contributed by atoms with E-state index < -0.39 is 0 Å². The van der Waals surface area contributed by atoms with E-state index in [1.807, 2.05) is 47.8 Å². The summed E-state index contributed by atoms with van der Waals surface area (Å²) in [5, 5.41) is 8.29. The highest BCUT2D eigenvalue weighted by Gasteiger charge is 2.12. The van der Waals surface area contributed by atoms with Crippen molar-refractivity contribution in [2.75, 3.05) is 23.7 Å². The van der Waals surface area contributed by atoms with Crippen molar-refractivity contribution in [2.45, 2.75) is 25.8 Å². The van der Waals surface area contributed by atoms with Crippen molar-refractivity contribution in [3.05, 3.63) is 59.6 Å². The molecule has 1 saturated heterocycles. The lowest BCUT2D eigenvalue weighted by molar-refractivity contribution is 0.218. The molecule has 2 amide bonds. The molecule has 144 valence electrons. The molecule has 0 saturated carbocycles. The summed E-state index contributed by atoms with van der Waals surface area (Å²) >= 11 is 1.50. The largest absolute Gasteiger partial charge is 0.326 e. The number of hydrogen-bond acceptors (Lipinski definition) is 5. The molecule has 0 spiro atoms. The van der Waals surface area contributed by atoms with E-state index in [2.05, 4.69) is 25.5 Å². The summed E-state index contributed by atoms with van der Waals surface area (Å²) in [6.07, 6.45) is 3.81. The first-order valence-corrected chi connectivity index (χ1v) is 10.4. The van der Waals surface area contributed by atoms with Crippen LogP contribution in [0.3, 0.4) is 0 Å². The van der Waals surface area contributed by atoms with Crippen LogP contribution in [0.1, 0.15) is 25.0 Å². The van der Waals surface area contributed by atoms with Crippen LogP contribution < -0.4 is 10.6 Å². The molecular weight excluding hydrogens is 370 g/mol. The molecule has 1 aliphatic heterocycles. The molecule has 1 aromatic carbocycles. The standard InChI is InChI=1S/C21H23N5OS/c27-21(25-19-15-28-20(23-19)16-8-3-1-4-9-16)24-18-11-7-10-17(22-18)14-26-12-5-2-6-13-26/h1,3-4,7-11,15H,2,5-6,12-14H2,(H2,22,24,25,27). The maximum absolute atomic E-state index is 12.3. The fourth-order valence-corrected chi connectivity index (χ4v) is 4.05. The average Bonchev–Trinajstić information content (AvgIpc) is 3.18. The number of nitrogens with zero attached hydrogens (tertiary/aromatic N) is 3. The first-order valence-electron chi connectivity index (χ1n) is 9.53. The Morgan fingerprint density at radius 1 is 0.929 bits per heavy atom. The van der Waals surface area contributed by atoms with E-state index in [1.165, 1.54) is 30.6 Å². The second kappa shape index (κ2) is 8.95. The number of rotatable bonds is 5. The Morgan fingerprint density at radius 3 is 2.54 bits per heavy atom. The van der Waals surface area contributed by atoms with Gasteiger partial charge in [0, 0.05) is 17.5 Å². The number of pyridine rings is 1. The number of amides is 2. The molecule has 0 atom stereocenters. The lowest BCUT2D eigenvalue weighted by Crippen LogP contribution is -2.29. The van der Waals surface area contributed by atoms with Gasteiger partial charge in [0.1, 0.15) is 16.6 Å². The maximum Gasteiger partial charge on any atom is 0.326 e.